The quantitative estimate of drug-likeness (QED) is 0.614. The molecule has 0 saturated heterocycles. The Kier molecular flexibility index (Phi) is 5.42. The maximum atomic E-state index is 12.9. The lowest BCUT2D eigenvalue weighted by atomic mass is 9.83. The number of rotatable bonds is 2. The lowest BCUT2D eigenvalue weighted by Gasteiger charge is -2.24. The van der Waals surface area contributed by atoms with Gasteiger partial charge in [-0.15, -0.1) is 0 Å². The van der Waals surface area contributed by atoms with Crippen LogP contribution in [0.3, 0.4) is 0 Å². The average molecular weight is 272 g/mol. The molecule has 1 aliphatic carbocycles. The molecule has 3 nitrogen and oxygen atoms in total. The van der Waals surface area contributed by atoms with E-state index in [-0.39, 0.29) is 23.1 Å². The minimum atomic E-state index is -0.741. The summed E-state index contributed by atoms with van der Waals surface area (Å²) in [5.74, 6) is -1.43. The lowest BCUT2D eigenvalue weighted by molar-refractivity contribution is -0.140. The average Bonchev–Trinajstić information content (AvgIpc) is 2.28. The van der Waals surface area contributed by atoms with Crippen LogP contribution in [0.4, 0.5) is 8.78 Å². The molecule has 0 amide bonds. The number of carbonyl (C=O) groups excluding carboxylic acids is 1. The Morgan fingerprint density at radius 1 is 1.11 bits per heavy atom. The van der Waals surface area contributed by atoms with Crippen molar-refractivity contribution in [3.8, 4) is 5.75 Å². The highest BCUT2D eigenvalue weighted by atomic mass is 19.1. The summed E-state index contributed by atoms with van der Waals surface area (Å²) in [5.41, 5.74) is 0. The summed E-state index contributed by atoms with van der Waals surface area (Å²) in [7, 11) is 0. The second kappa shape index (κ2) is 6.61. The van der Waals surface area contributed by atoms with Gasteiger partial charge in [-0.25, -0.2) is 8.78 Å². The van der Waals surface area contributed by atoms with Crippen LogP contribution in [-0.4, -0.2) is 11.4 Å². The molecule has 1 aromatic rings. The Morgan fingerprint density at radius 2 is 1.63 bits per heavy atom. The Balaban J connectivity index is 0.00000180. The van der Waals surface area contributed by atoms with Crippen LogP contribution in [-0.2, 0) is 4.79 Å². The van der Waals surface area contributed by atoms with Crippen LogP contribution >= 0.6 is 0 Å². The van der Waals surface area contributed by atoms with E-state index in [1.54, 1.807) is 0 Å². The van der Waals surface area contributed by atoms with Crippen LogP contribution < -0.4 is 4.74 Å². The van der Waals surface area contributed by atoms with Gasteiger partial charge < -0.3 is 10.2 Å². The number of ether oxygens (including phenoxy) is 1. The fourth-order valence-electron chi connectivity index (χ4n) is 2.28. The molecule has 0 unspecified atom stereocenters. The molecule has 0 aromatic heterocycles. The molecule has 1 saturated carbocycles. The molecule has 106 valence electrons. The number of benzene rings is 1. The van der Waals surface area contributed by atoms with Crippen molar-refractivity contribution in [2.24, 2.45) is 11.8 Å². The molecule has 0 aliphatic heterocycles. The first kappa shape index (κ1) is 15.6. The zero-order valence-electron chi connectivity index (χ0n) is 10.8. The first-order valence-corrected chi connectivity index (χ1v) is 6.22. The molecule has 19 heavy (non-hydrogen) atoms. The fraction of sp³-hybridized carbons (Fsp3) is 0.500. The van der Waals surface area contributed by atoms with Gasteiger partial charge in [0.15, 0.2) is 0 Å². The zero-order valence-corrected chi connectivity index (χ0v) is 10.8. The molecule has 0 heterocycles. The number of carbonyl (C=O) groups is 1. The molecule has 2 rings (SSSR count). The number of hydrogen-bond donors (Lipinski definition) is 0. The van der Waals surface area contributed by atoms with E-state index in [1.807, 2.05) is 0 Å². The van der Waals surface area contributed by atoms with Gasteiger partial charge in [0.05, 0.1) is 5.92 Å². The van der Waals surface area contributed by atoms with E-state index >= 15 is 0 Å². The monoisotopic (exact) mass is 272 g/mol. The van der Waals surface area contributed by atoms with E-state index in [9.17, 15) is 13.6 Å². The first-order valence-electron chi connectivity index (χ1n) is 6.22. The van der Waals surface area contributed by atoms with Crippen molar-refractivity contribution in [2.75, 3.05) is 0 Å². The Hall–Kier alpha value is -1.49. The first-order chi connectivity index (χ1) is 8.54. The standard InChI is InChI=1S/C14H16F2O2.H2O/c1-9-2-4-10(5-3-9)14(17)18-13-7-11(15)6-12(16)8-13;/h6-10H,2-5H2,1H3;1H2. The highest BCUT2D eigenvalue weighted by Crippen LogP contribution is 2.29. The summed E-state index contributed by atoms with van der Waals surface area (Å²) < 4.78 is 30.9. The van der Waals surface area contributed by atoms with Gasteiger partial charge in [-0.3, -0.25) is 4.79 Å². The van der Waals surface area contributed by atoms with Crippen molar-refractivity contribution in [2.45, 2.75) is 32.6 Å². The van der Waals surface area contributed by atoms with E-state index in [0.717, 1.165) is 43.9 Å². The van der Waals surface area contributed by atoms with E-state index in [2.05, 4.69) is 6.92 Å². The van der Waals surface area contributed by atoms with Crippen LogP contribution in [0.15, 0.2) is 18.2 Å². The summed E-state index contributed by atoms with van der Waals surface area (Å²) in [5, 5.41) is 0. The SMILES string of the molecule is CC1CCC(C(=O)Oc2cc(F)cc(F)c2)CC1.O. The highest BCUT2D eigenvalue weighted by molar-refractivity contribution is 5.75. The van der Waals surface area contributed by atoms with Crippen LogP contribution in [0.1, 0.15) is 32.6 Å². The van der Waals surface area contributed by atoms with Crippen molar-refractivity contribution in [3.63, 3.8) is 0 Å². The fourth-order valence-corrected chi connectivity index (χ4v) is 2.28. The molecule has 0 atom stereocenters. The Morgan fingerprint density at radius 3 is 2.16 bits per heavy atom. The molecule has 1 aromatic carbocycles. The van der Waals surface area contributed by atoms with Gasteiger partial charge in [0.1, 0.15) is 17.4 Å². The third kappa shape index (κ3) is 4.28. The predicted molar refractivity (Wildman–Crippen MR) is 66.7 cm³/mol. The van der Waals surface area contributed by atoms with Gasteiger partial charge >= 0.3 is 5.97 Å². The highest BCUT2D eigenvalue weighted by Gasteiger charge is 2.26. The number of hydrogen-bond acceptors (Lipinski definition) is 2. The summed E-state index contributed by atoms with van der Waals surface area (Å²) in [4.78, 5) is 11.8. The minimum absolute atomic E-state index is 0. The van der Waals surface area contributed by atoms with Crippen LogP contribution in [0, 0.1) is 23.5 Å². The van der Waals surface area contributed by atoms with Crippen molar-refractivity contribution < 1.29 is 23.8 Å². The minimum Gasteiger partial charge on any atom is -0.426 e. The summed E-state index contributed by atoms with van der Waals surface area (Å²) in [6.07, 6.45) is 3.57. The van der Waals surface area contributed by atoms with Crippen molar-refractivity contribution in [1.82, 2.24) is 0 Å². The van der Waals surface area contributed by atoms with Crippen LogP contribution in [0.2, 0.25) is 0 Å². The van der Waals surface area contributed by atoms with Gasteiger partial charge in [0, 0.05) is 18.2 Å². The van der Waals surface area contributed by atoms with Crippen LogP contribution in [0.25, 0.3) is 0 Å². The topological polar surface area (TPSA) is 57.8 Å². The third-order valence-corrected chi connectivity index (χ3v) is 3.40. The molecular weight excluding hydrogens is 254 g/mol. The third-order valence-electron chi connectivity index (χ3n) is 3.40. The van der Waals surface area contributed by atoms with Gasteiger partial charge in [0.25, 0.3) is 0 Å². The van der Waals surface area contributed by atoms with Crippen LogP contribution in [0.5, 0.6) is 5.75 Å². The normalized spacial score (nSPS) is 22.5. The van der Waals surface area contributed by atoms with E-state index in [1.165, 1.54) is 0 Å². The van der Waals surface area contributed by atoms with Crippen molar-refractivity contribution >= 4 is 5.97 Å². The summed E-state index contributed by atoms with van der Waals surface area (Å²) in [6, 6.07) is 2.79. The second-order valence-corrected chi connectivity index (χ2v) is 4.98. The zero-order chi connectivity index (χ0) is 13.1. The van der Waals surface area contributed by atoms with E-state index in [4.69, 9.17) is 4.74 Å². The number of esters is 1. The molecule has 1 fully saturated rings. The van der Waals surface area contributed by atoms with Gasteiger partial charge in [-0.05, 0) is 31.6 Å². The molecule has 0 bridgehead atoms. The maximum Gasteiger partial charge on any atom is 0.314 e. The molecular formula is C14H18F2O3. The molecule has 5 heteroatoms. The van der Waals surface area contributed by atoms with Gasteiger partial charge in [0.2, 0.25) is 0 Å². The summed E-state index contributed by atoms with van der Waals surface area (Å²) >= 11 is 0. The van der Waals surface area contributed by atoms with E-state index < -0.39 is 11.6 Å². The smallest absolute Gasteiger partial charge is 0.314 e. The molecule has 1 aliphatic rings. The maximum absolute atomic E-state index is 12.9. The Bertz CT molecular complexity index is 420. The second-order valence-electron chi connectivity index (χ2n) is 4.98. The Labute approximate surface area is 110 Å². The number of halogens is 2. The molecule has 0 spiro atoms. The predicted octanol–water partition coefficient (Wildman–Crippen LogP) is 2.87. The lowest BCUT2D eigenvalue weighted by Crippen LogP contribution is -2.25. The molecule has 0 radical (unpaired) electrons. The van der Waals surface area contributed by atoms with Gasteiger partial charge in [-0.2, -0.15) is 0 Å². The summed E-state index contributed by atoms with van der Waals surface area (Å²) in [6.45, 7) is 2.16. The largest absolute Gasteiger partial charge is 0.426 e. The van der Waals surface area contributed by atoms with Crippen molar-refractivity contribution in [3.05, 3.63) is 29.8 Å². The van der Waals surface area contributed by atoms with Gasteiger partial charge in [-0.1, -0.05) is 6.92 Å². The molecule has 2 N–H and O–H groups in total. The van der Waals surface area contributed by atoms with Crippen molar-refractivity contribution in [1.29, 1.82) is 0 Å². The van der Waals surface area contributed by atoms with E-state index in [0.29, 0.717) is 5.92 Å².